The van der Waals surface area contributed by atoms with Crippen LogP contribution in [0.5, 0.6) is 0 Å². The molecule has 0 unspecified atom stereocenters. The molecule has 0 spiro atoms. The van der Waals surface area contributed by atoms with E-state index in [1.807, 2.05) is 13.0 Å². The van der Waals surface area contributed by atoms with Crippen LogP contribution in [-0.2, 0) is 33.4 Å². The van der Waals surface area contributed by atoms with E-state index in [4.69, 9.17) is 14.2 Å². The van der Waals surface area contributed by atoms with Crippen molar-refractivity contribution < 1.29 is 74.2 Å². The highest BCUT2D eigenvalue weighted by Crippen LogP contribution is 2.75. The molecule has 15 heteroatoms. The molecule has 7 aliphatic rings. The number of rotatable bonds is 7. The van der Waals surface area contributed by atoms with Crippen molar-refractivity contribution >= 4 is 23.7 Å². The molecule has 0 aromatic rings. The quantitative estimate of drug-likeness (QED) is 0.172. The molecule has 58 heavy (non-hydrogen) atoms. The van der Waals surface area contributed by atoms with Gasteiger partial charge in [0.2, 0.25) is 0 Å². The van der Waals surface area contributed by atoms with Crippen LogP contribution in [0.1, 0.15) is 113 Å². The molecule has 0 aromatic carbocycles. The number of aliphatic hydroxyl groups excluding tert-OH is 5. The summed E-state index contributed by atoms with van der Waals surface area (Å²) < 4.78 is 18.1. The highest BCUT2D eigenvalue weighted by atomic mass is 16.7. The first kappa shape index (κ1) is 43.6. The summed E-state index contributed by atoms with van der Waals surface area (Å²) in [6.45, 7) is 15.0. The molecular weight excluding hydrogens is 756 g/mol. The molecule has 5 aliphatic carbocycles. The van der Waals surface area contributed by atoms with Crippen LogP contribution in [-0.4, -0.2) is 126 Å². The van der Waals surface area contributed by atoms with Gasteiger partial charge < -0.3 is 55.1 Å². The van der Waals surface area contributed by atoms with E-state index in [1.54, 1.807) is 0 Å². The smallest absolute Gasteiger partial charge is 0.335 e. The molecule has 8 N–H and O–H groups in total. The molecule has 0 amide bonds. The van der Waals surface area contributed by atoms with Crippen LogP contribution in [0.2, 0.25) is 0 Å². The Balaban J connectivity index is 1.17. The molecule has 7 rings (SSSR count). The molecule has 0 bridgehead atoms. The van der Waals surface area contributed by atoms with Gasteiger partial charge in [-0.05, 0) is 116 Å². The SMILES string of the molecule is CC1(C)[C@@H](O[C@H]2O[C@H](C(=O)O)[C@@H](O)[C@H](O)[C@H]2C[C@@H]2O[C@H](C(=O)O)[C@@H](O)[C@H](O)[C@H]2O)CC[C@]2(C)[C@H]3C(=O)C=C4[C@@H]5C[C@@](C)(C(=O)O)CC[C@]5(C)CC[C@@]4(C)[C@]3(C)CC[C@@H]12. The van der Waals surface area contributed by atoms with Gasteiger partial charge >= 0.3 is 17.9 Å². The Kier molecular flexibility index (Phi) is 10.7. The van der Waals surface area contributed by atoms with Crippen LogP contribution in [0.15, 0.2) is 11.6 Å². The highest BCUT2D eigenvalue weighted by Gasteiger charge is 2.71. The van der Waals surface area contributed by atoms with Crippen LogP contribution in [0.4, 0.5) is 0 Å². The first-order chi connectivity index (χ1) is 26.8. The Morgan fingerprint density at radius 2 is 1.34 bits per heavy atom. The molecule has 15 nitrogen and oxygen atoms in total. The number of carbonyl (C=O) groups is 4. The molecule has 2 heterocycles. The Morgan fingerprint density at radius 3 is 1.97 bits per heavy atom. The van der Waals surface area contributed by atoms with E-state index >= 15 is 0 Å². The maximum absolute atomic E-state index is 14.9. The monoisotopic (exact) mass is 820 g/mol. The minimum atomic E-state index is -1.95. The van der Waals surface area contributed by atoms with Crippen molar-refractivity contribution in [1.82, 2.24) is 0 Å². The number of allylic oxidation sites excluding steroid dienone is 2. The first-order valence-electron chi connectivity index (χ1n) is 21.1. The van der Waals surface area contributed by atoms with Crippen molar-refractivity contribution in [3.05, 3.63) is 11.6 Å². The number of hydrogen-bond donors (Lipinski definition) is 8. The van der Waals surface area contributed by atoms with Crippen LogP contribution >= 0.6 is 0 Å². The summed E-state index contributed by atoms with van der Waals surface area (Å²) in [6, 6.07) is 0. The van der Waals surface area contributed by atoms with Gasteiger partial charge in [-0.3, -0.25) is 9.59 Å². The van der Waals surface area contributed by atoms with Crippen molar-refractivity contribution in [3.8, 4) is 0 Å². The number of carbonyl (C=O) groups excluding carboxylic acids is 1. The Labute approximate surface area is 339 Å². The maximum Gasteiger partial charge on any atom is 0.335 e. The summed E-state index contributed by atoms with van der Waals surface area (Å²) in [5.41, 5.74) is -1.65. The minimum Gasteiger partial charge on any atom is -0.481 e. The van der Waals surface area contributed by atoms with Gasteiger partial charge in [0.15, 0.2) is 24.3 Å². The van der Waals surface area contributed by atoms with Gasteiger partial charge in [0, 0.05) is 11.8 Å². The van der Waals surface area contributed by atoms with Crippen LogP contribution < -0.4 is 0 Å². The average Bonchev–Trinajstić information content (AvgIpc) is 3.13. The molecule has 326 valence electrons. The number of carboxylic acid groups (broad SMARTS) is 3. The van der Waals surface area contributed by atoms with Gasteiger partial charge in [-0.15, -0.1) is 0 Å². The first-order valence-corrected chi connectivity index (χ1v) is 21.1. The maximum atomic E-state index is 14.9. The van der Waals surface area contributed by atoms with Crippen molar-refractivity contribution in [2.24, 2.45) is 56.2 Å². The average molecular weight is 821 g/mol. The zero-order valence-corrected chi connectivity index (χ0v) is 34.7. The van der Waals surface area contributed by atoms with Crippen molar-refractivity contribution in [1.29, 1.82) is 0 Å². The van der Waals surface area contributed by atoms with E-state index in [0.717, 1.165) is 37.7 Å². The fourth-order valence-corrected chi connectivity index (χ4v) is 13.9. The lowest BCUT2D eigenvalue weighted by Gasteiger charge is -2.70. The zero-order chi connectivity index (χ0) is 42.9. The third-order valence-corrected chi connectivity index (χ3v) is 17.8. The van der Waals surface area contributed by atoms with Crippen molar-refractivity contribution in [3.63, 3.8) is 0 Å². The summed E-state index contributed by atoms with van der Waals surface area (Å²) >= 11 is 0. The van der Waals surface area contributed by atoms with Crippen LogP contribution in [0.3, 0.4) is 0 Å². The summed E-state index contributed by atoms with van der Waals surface area (Å²) in [5, 5.41) is 83.6. The molecule has 2 saturated heterocycles. The van der Waals surface area contributed by atoms with Crippen molar-refractivity contribution in [2.75, 3.05) is 0 Å². The van der Waals surface area contributed by atoms with Gasteiger partial charge in [0.25, 0.3) is 0 Å². The Hall–Kier alpha value is -2.50. The Morgan fingerprint density at radius 1 is 0.741 bits per heavy atom. The number of hydrogen-bond acceptors (Lipinski definition) is 12. The zero-order valence-electron chi connectivity index (χ0n) is 34.7. The normalized spacial score (nSPS) is 52.6. The summed E-state index contributed by atoms with van der Waals surface area (Å²) in [5.74, 6) is -5.49. The van der Waals surface area contributed by atoms with E-state index < -0.39 is 113 Å². The topological polar surface area (TPSA) is 258 Å². The van der Waals surface area contributed by atoms with E-state index in [1.165, 1.54) is 0 Å². The number of ether oxygens (including phenoxy) is 3. The lowest BCUT2D eigenvalue weighted by Crippen LogP contribution is -2.67. The third kappa shape index (κ3) is 6.26. The predicted octanol–water partition coefficient (Wildman–Crippen LogP) is 2.91. The second kappa shape index (κ2) is 14.3. The summed E-state index contributed by atoms with van der Waals surface area (Å²) in [4.78, 5) is 51.4. The summed E-state index contributed by atoms with van der Waals surface area (Å²) in [6.07, 6.45) is -8.91. The number of ketones is 1. The largest absolute Gasteiger partial charge is 0.481 e. The van der Waals surface area contributed by atoms with Gasteiger partial charge in [-0.1, -0.05) is 47.1 Å². The lowest BCUT2D eigenvalue weighted by molar-refractivity contribution is -0.319. The standard InChI is InChI=1S/C43H64O15/c1-38(2)24-8-11-43(7)33(22(44)17-20-21-18-40(4,37(54)55)13-12-39(21,3)14-15-42(20,43)6)41(24,5)10-9-25(38)57-36-19(26(45)29(48)32(58-36)35(52)53)16-23-27(46)28(47)30(49)31(56-23)34(50)51/h17,19,21,23-33,36,45-49H,8-16,18H2,1-7H3,(H,50,51)(H,52,53)(H,54,55)/t19-,21+,23+,24+,25+,26-,27+,28-,29+,30+,31+,32+,33-,36+,39-,40+,41+,42-,43-/m1/s1. The minimum absolute atomic E-state index is 0.00988. The van der Waals surface area contributed by atoms with E-state index in [9.17, 15) is 60.0 Å². The molecule has 0 aromatic heterocycles. The van der Waals surface area contributed by atoms with Crippen LogP contribution in [0, 0.1) is 56.2 Å². The molecule has 6 fully saturated rings. The van der Waals surface area contributed by atoms with Gasteiger partial charge in [0.05, 0.1) is 23.7 Å². The van der Waals surface area contributed by atoms with E-state index in [-0.39, 0.29) is 34.4 Å². The third-order valence-electron chi connectivity index (χ3n) is 17.8. The van der Waals surface area contributed by atoms with E-state index in [2.05, 4.69) is 41.5 Å². The van der Waals surface area contributed by atoms with Crippen LogP contribution in [0.25, 0.3) is 0 Å². The molecular formula is C43H64O15. The lowest BCUT2D eigenvalue weighted by atomic mass is 9.33. The number of carboxylic acids is 3. The predicted molar refractivity (Wildman–Crippen MR) is 203 cm³/mol. The summed E-state index contributed by atoms with van der Waals surface area (Å²) in [7, 11) is 0. The second-order valence-electron chi connectivity index (χ2n) is 21.1. The Bertz CT molecular complexity index is 1730. The van der Waals surface area contributed by atoms with Gasteiger partial charge in [-0.25, -0.2) is 9.59 Å². The van der Waals surface area contributed by atoms with Crippen molar-refractivity contribution in [2.45, 2.75) is 174 Å². The number of fused-ring (bicyclic) bond motifs is 7. The van der Waals surface area contributed by atoms with E-state index in [0.29, 0.717) is 25.7 Å². The fraction of sp³-hybridized carbons (Fsp3) is 0.860. The molecule has 2 aliphatic heterocycles. The molecule has 0 radical (unpaired) electrons. The second-order valence-corrected chi connectivity index (χ2v) is 21.1. The highest BCUT2D eigenvalue weighted by molar-refractivity contribution is 5.95. The number of aliphatic hydroxyl groups is 5. The molecule has 4 saturated carbocycles. The fourth-order valence-electron chi connectivity index (χ4n) is 13.9. The number of aliphatic carboxylic acids is 3. The van der Waals surface area contributed by atoms with Gasteiger partial charge in [0.1, 0.15) is 24.4 Å². The molecule has 19 atom stereocenters. The van der Waals surface area contributed by atoms with Gasteiger partial charge in [-0.2, -0.15) is 0 Å².